The van der Waals surface area contributed by atoms with E-state index in [1.54, 1.807) is 11.3 Å². The van der Waals surface area contributed by atoms with Crippen molar-refractivity contribution in [3.8, 4) is 10.4 Å². The molecule has 2 heterocycles. The van der Waals surface area contributed by atoms with Crippen LogP contribution in [0.5, 0.6) is 0 Å². The molecule has 0 atom stereocenters. The van der Waals surface area contributed by atoms with E-state index < -0.39 is 0 Å². The predicted octanol–water partition coefficient (Wildman–Crippen LogP) is 3.72. The molecule has 1 aromatic carbocycles. The van der Waals surface area contributed by atoms with E-state index in [-0.39, 0.29) is 0 Å². The van der Waals surface area contributed by atoms with Crippen LogP contribution in [-0.2, 0) is 20.0 Å². The first-order chi connectivity index (χ1) is 10.3. The first-order valence-electron chi connectivity index (χ1n) is 7.02. The van der Waals surface area contributed by atoms with Crippen LogP contribution in [0.1, 0.15) is 18.2 Å². The lowest BCUT2D eigenvalue weighted by Gasteiger charge is -2.01. The summed E-state index contributed by atoms with van der Waals surface area (Å²) in [4.78, 5) is 5.63. The molecule has 0 aliphatic heterocycles. The fourth-order valence-electron chi connectivity index (χ4n) is 2.29. The predicted molar refractivity (Wildman–Crippen MR) is 87.5 cm³/mol. The zero-order chi connectivity index (χ0) is 14.7. The molecule has 0 amide bonds. The summed E-state index contributed by atoms with van der Waals surface area (Å²) in [6.07, 6.45) is 4.94. The molecule has 0 fully saturated rings. The topological polar surface area (TPSA) is 42.7 Å². The molecule has 5 heteroatoms. The van der Waals surface area contributed by atoms with Crippen LogP contribution in [0.3, 0.4) is 0 Å². The number of hydrogen-bond donors (Lipinski definition) is 1. The lowest BCUT2D eigenvalue weighted by atomic mass is 10.2. The van der Waals surface area contributed by atoms with Crippen molar-refractivity contribution >= 4 is 16.5 Å². The molecular weight excluding hydrogens is 280 g/mol. The molecular formula is C16H18N4S. The van der Waals surface area contributed by atoms with Gasteiger partial charge in [-0.25, -0.2) is 4.98 Å². The van der Waals surface area contributed by atoms with E-state index in [2.05, 4.69) is 40.7 Å². The van der Waals surface area contributed by atoms with Crippen molar-refractivity contribution in [1.29, 1.82) is 0 Å². The lowest BCUT2D eigenvalue weighted by Crippen LogP contribution is -2.00. The molecule has 3 rings (SSSR count). The van der Waals surface area contributed by atoms with E-state index >= 15 is 0 Å². The summed E-state index contributed by atoms with van der Waals surface area (Å²) < 4.78 is 1.87. The number of benzene rings is 1. The Kier molecular flexibility index (Phi) is 4.01. The summed E-state index contributed by atoms with van der Waals surface area (Å²) in [7, 11) is 1.96. The molecule has 0 saturated heterocycles. The highest BCUT2D eigenvalue weighted by atomic mass is 32.1. The maximum atomic E-state index is 4.45. The van der Waals surface area contributed by atoms with Crippen LogP contribution in [0.2, 0.25) is 0 Å². The van der Waals surface area contributed by atoms with Crippen molar-refractivity contribution in [3.05, 3.63) is 54.0 Å². The van der Waals surface area contributed by atoms with Gasteiger partial charge in [0, 0.05) is 31.5 Å². The minimum absolute atomic E-state index is 0.763. The van der Waals surface area contributed by atoms with Crippen molar-refractivity contribution in [2.45, 2.75) is 19.9 Å². The highest BCUT2D eigenvalue weighted by Gasteiger charge is 2.08. The molecule has 0 aliphatic rings. The van der Waals surface area contributed by atoms with Gasteiger partial charge in [-0.05, 0) is 12.0 Å². The van der Waals surface area contributed by atoms with Crippen molar-refractivity contribution in [1.82, 2.24) is 14.8 Å². The van der Waals surface area contributed by atoms with Gasteiger partial charge in [0.2, 0.25) is 0 Å². The Morgan fingerprint density at radius 2 is 2.05 bits per heavy atom. The van der Waals surface area contributed by atoms with E-state index in [0.29, 0.717) is 0 Å². The van der Waals surface area contributed by atoms with Gasteiger partial charge in [0.25, 0.3) is 0 Å². The first-order valence-corrected chi connectivity index (χ1v) is 7.84. The summed E-state index contributed by atoms with van der Waals surface area (Å²) in [5.74, 6) is 0. The molecule has 1 N–H and O–H groups in total. The molecule has 0 spiro atoms. The number of aryl methyl sites for hydroxylation is 2. The molecule has 2 aromatic heterocycles. The highest BCUT2D eigenvalue weighted by molar-refractivity contribution is 7.18. The van der Waals surface area contributed by atoms with Gasteiger partial charge in [-0.15, -0.1) is 0 Å². The second-order valence-corrected chi connectivity index (χ2v) is 5.91. The molecule has 0 radical (unpaired) electrons. The van der Waals surface area contributed by atoms with Crippen LogP contribution in [0.25, 0.3) is 10.4 Å². The number of anilines is 1. The van der Waals surface area contributed by atoms with Crippen LogP contribution in [0.15, 0.2) is 42.7 Å². The van der Waals surface area contributed by atoms with Gasteiger partial charge in [0.05, 0.1) is 10.6 Å². The average Bonchev–Trinajstić information content (AvgIpc) is 3.12. The fourth-order valence-corrected chi connectivity index (χ4v) is 3.11. The Balaban J connectivity index is 1.70. The van der Waals surface area contributed by atoms with Gasteiger partial charge in [-0.2, -0.15) is 5.10 Å². The summed E-state index contributed by atoms with van der Waals surface area (Å²) in [6, 6.07) is 10.3. The SMILES string of the molecule is CCc1nn(C)cc1CNc1ncc(-c2ccccc2)s1. The molecule has 0 unspecified atom stereocenters. The van der Waals surface area contributed by atoms with Crippen molar-refractivity contribution < 1.29 is 0 Å². The number of rotatable bonds is 5. The molecule has 21 heavy (non-hydrogen) atoms. The first kappa shape index (κ1) is 13.8. The van der Waals surface area contributed by atoms with E-state index in [1.165, 1.54) is 16.0 Å². The molecule has 4 nitrogen and oxygen atoms in total. The van der Waals surface area contributed by atoms with Crippen molar-refractivity contribution in [3.63, 3.8) is 0 Å². The Morgan fingerprint density at radius 3 is 2.81 bits per heavy atom. The van der Waals surface area contributed by atoms with E-state index in [0.717, 1.165) is 23.8 Å². The van der Waals surface area contributed by atoms with E-state index in [4.69, 9.17) is 0 Å². The van der Waals surface area contributed by atoms with Crippen LogP contribution in [-0.4, -0.2) is 14.8 Å². The molecule has 0 bridgehead atoms. The van der Waals surface area contributed by atoms with Gasteiger partial charge in [0.1, 0.15) is 0 Å². The van der Waals surface area contributed by atoms with Gasteiger partial charge in [0.15, 0.2) is 5.13 Å². The minimum Gasteiger partial charge on any atom is -0.357 e. The number of nitrogens with one attached hydrogen (secondary N) is 1. The van der Waals surface area contributed by atoms with E-state index in [9.17, 15) is 0 Å². The van der Waals surface area contributed by atoms with Crippen LogP contribution in [0.4, 0.5) is 5.13 Å². The second-order valence-electron chi connectivity index (χ2n) is 4.88. The van der Waals surface area contributed by atoms with Crippen molar-refractivity contribution in [2.75, 3.05) is 5.32 Å². The van der Waals surface area contributed by atoms with Gasteiger partial charge >= 0.3 is 0 Å². The van der Waals surface area contributed by atoms with Gasteiger partial charge < -0.3 is 5.32 Å². The third-order valence-corrected chi connectivity index (χ3v) is 4.32. The summed E-state index contributed by atoms with van der Waals surface area (Å²) >= 11 is 1.68. The van der Waals surface area contributed by atoms with Gasteiger partial charge in [-0.1, -0.05) is 48.6 Å². The average molecular weight is 298 g/mol. The fraction of sp³-hybridized carbons (Fsp3) is 0.250. The third-order valence-electron chi connectivity index (χ3n) is 3.32. The summed E-state index contributed by atoms with van der Waals surface area (Å²) in [6.45, 7) is 2.89. The smallest absolute Gasteiger partial charge is 0.183 e. The van der Waals surface area contributed by atoms with Crippen LogP contribution < -0.4 is 5.32 Å². The molecule has 108 valence electrons. The zero-order valence-electron chi connectivity index (χ0n) is 12.2. The number of nitrogens with zero attached hydrogens (tertiary/aromatic N) is 3. The normalized spacial score (nSPS) is 10.8. The second kappa shape index (κ2) is 6.10. The number of hydrogen-bond acceptors (Lipinski definition) is 4. The van der Waals surface area contributed by atoms with Crippen LogP contribution in [0, 0.1) is 0 Å². The van der Waals surface area contributed by atoms with Gasteiger partial charge in [-0.3, -0.25) is 4.68 Å². The quantitative estimate of drug-likeness (QED) is 0.780. The molecule has 3 aromatic rings. The monoisotopic (exact) mass is 298 g/mol. The Labute approximate surface area is 128 Å². The maximum absolute atomic E-state index is 4.45. The highest BCUT2D eigenvalue weighted by Crippen LogP contribution is 2.28. The number of aromatic nitrogens is 3. The Hall–Kier alpha value is -2.14. The molecule has 0 saturated carbocycles. The lowest BCUT2D eigenvalue weighted by molar-refractivity contribution is 0.746. The number of thiazole rings is 1. The third kappa shape index (κ3) is 3.13. The summed E-state index contributed by atoms with van der Waals surface area (Å²) in [5.41, 5.74) is 3.58. The zero-order valence-corrected chi connectivity index (χ0v) is 13.0. The Bertz CT molecular complexity index is 715. The molecule has 0 aliphatic carbocycles. The summed E-state index contributed by atoms with van der Waals surface area (Å²) in [5, 5.41) is 8.79. The van der Waals surface area contributed by atoms with Crippen molar-refractivity contribution in [2.24, 2.45) is 7.05 Å². The minimum atomic E-state index is 0.763. The standard InChI is InChI=1S/C16H18N4S/c1-3-14-13(11-20(2)19-14)9-17-16-18-10-15(21-16)12-7-5-4-6-8-12/h4-8,10-11H,3,9H2,1-2H3,(H,17,18). The maximum Gasteiger partial charge on any atom is 0.183 e. The van der Waals surface area contributed by atoms with E-state index in [1.807, 2.05) is 36.1 Å². The Morgan fingerprint density at radius 1 is 1.24 bits per heavy atom. The largest absolute Gasteiger partial charge is 0.357 e. The van der Waals surface area contributed by atoms with Crippen LogP contribution >= 0.6 is 11.3 Å².